The minimum absolute atomic E-state index is 0.00453. The van der Waals surface area contributed by atoms with E-state index in [4.69, 9.17) is 17.2 Å². The first-order valence-corrected chi connectivity index (χ1v) is 37.5. The molecule has 4 aromatic rings. The Morgan fingerprint density at radius 3 is 1.38 bits per heavy atom. The molecule has 42 nitrogen and oxygen atoms in total. The minimum Gasteiger partial charge on any atom is -0.508 e. The van der Waals surface area contributed by atoms with Gasteiger partial charge in [0.2, 0.25) is 88.6 Å². The second-order valence-electron chi connectivity index (χ2n) is 28.7. The van der Waals surface area contributed by atoms with Crippen LogP contribution in [0.1, 0.15) is 109 Å². The van der Waals surface area contributed by atoms with Crippen LogP contribution in [0.2, 0.25) is 0 Å². The number of nitrogens with one attached hydrogen (secondary N) is 15. The van der Waals surface area contributed by atoms with Crippen molar-refractivity contribution in [2.24, 2.45) is 23.1 Å². The lowest BCUT2D eigenvalue weighted by molar-refractivity contribution is -0.142. The maximum atomic E-state index is 14.4. The lowest BCUT2D eigenvalue weighted by Gasteiger charge is -2.29. The van der Waals surface area contributed by atoms with E-state index < -0.39 is 237 Å². The molecule has 0 radical (unpaired) electrons. The standard InChI is InChI=1S/C75H109N19O23/c1-38(2)27-50(63(106)79-7)84-66(109)51(29-42-16-20-45(99)21-17-42)85-65(108)48(15-11-12-26-76)83-70(113)55(35-95)89-67(110)52(30-43-18-22-46(100)23-19-43)86-68(111)54(32-59(103)104)87-71(114)56(36-96)90-73(116)61(40(4)98)93-69(112)53(28-41-13-9-8-10-14-41)88-72(115)60(39(3)97)92-58(102)34-81-64(107)49(24-25-57(78)101)91-74(117)75(5,6)94-62(105)47(77)31-44-33-80-37-82-44/h8-10,13-14,16-23,33,37-40,47-56,60-61,95-100H,11-12,15,24-32,34-36,76-77H2,1-7H3,(H2,78,101)(H,79,106)(H,80,82)(H,81,107)(H,83,113)(H,84,109)(H,85,108)(H,86,111)(H,87,114)(H,88,115)(H,89,110)(H,90,116)(H,91,117)(H,92,102)(H,93,112)(H,94,105)(H,103,104)/t39-,40+,47+,48+,49+,50+,51+,52+,53+,54+,55+,56+,60+,61+/m1/s1. The molecule has 0 bridgehead atoms. The molecule has 0 unspecified atom stereocenters. The van der Waals surface area contributed by atoms with Gasteiger partial charge >= 0.3 is 5.97 Å². The first kappa shape index (κ1) is 97.1. The smallest absolute Gasteiger partial charge is 0.305 e. The Bertz CT molecular complexity index is 4020. The van der Waals surface area contributed by atoms with Gasteiger partial charge in [0.1, 0.15) is 83.5 Å². The number of carbonyl (C=O) groups is 16. The number of imidazole rings is 1. The molecule has 3 aromatic carbocycles. The Balaban J connectivity index is 1.53. The van der Waals surface area contributed by atoms with Gasteiger partial charge in [-0.3, -0.25) is 76.7 Å². The zero-order valence-electron chi connectivity index (χ0n) is 65.8. The third kappa shape index (κ3) is 33.6. The zero-order chi connectivity index (χ0) is 87.4. The summed E-state index contributed by atoms with van der Waals surface area (Å²) in [5.41, 5.74) is 16.9. The molecule has 0 aliphatic carbocycles. The molecule has 642 valence electrons. The van der Waals surface area contributed by atoms with Crippen molar-refractivity contribution in [1.82, 2.24) is 84.4 Å². The second kappa shape index (κ2) is 48.2. The molecule has 0 fully saturated rings. The lowest BCUT2D eigenvalue weighted by atomic mass is 10.0. The number of aromatic amines is 1. The largest absolute Gasteiger partial charge is 0.508 e. The summed E-state index contributed by atoms with van der Waals surface area (Å²) in [5, 5.41) is 106. The van der Waals surface area contributed by atoms with Crippen LogP contribution in [-0.4, -0.2) is 264 Å². The average molecular weight is 1640 g/mol. The Kier molecular flexibility index (Phi) is 40.0. The highest BCUT2D eigenvalue weighted by molar-refractivity contribution is 6.01. The molecule has 1 aromatic heterocycles. The summed E-state index contributed by atoms with van der Waals surface area (Å²) in [6.45, 7) is 5.05. The number of amides is 15. The van der Waals surface area contributed by atoms with Crippen molar-refractivity contribution in [2.75, 3.05) is 33.4 Å². The van der Waals surface area contributed by atoms with Crippen LogP contribution >= 0.6 is 0 Å². The van der Waals surface area contributed by atoms with Crippen LogP contribution in [0.3, 0.4) is 0 Å². The number of carboxylic acid groups (broad SMARTS) is 1. The summed E-state index contributed by atoms with van der Waals surface area (Å²) in [6.07, 6.45) is -3.33. The summed E-state index contributed by atoms with van der Waals surface area (Å²) in [5.74, 6) is -18.4. The predicted molar refractivity (Wildman–Crippen MR) is 415 cm³/mol. The molecule has 0 aliphatic rings. The van der Waals surface area contributed by atoms with Gasteiger partial charge < -0.3 is 132 Å². The van der Waals surface area contributed by atoms with Crippen molar-refractivity contribution in [3.8, 4) is 11.5 Å². The molecule has 28 N–H and O–H groups in total. The van der Waals surface area contributed by atoms with E-state index in [2.05, 4.69) is 84.4 Å². The van der Waals surface area contributed by atoms with Gasteiger partial charge in [-0.2, -0.15) is 0 Å². The summed E-state index contributed by atoms with van der Waals surface area (Å²) in [7, 11) is 1.38. The number of carboxylic acids is 1. The third-order valence-corrected chi connectivity index (χ3v) is 17.9. The molecular weight excluding hydrogens is 1530 g/mol. The maximum absolute atomic E-state index is 14.4. The summed E-state index contributed by atoms with van der Waals surface area (Å²) in [6, 6.07) is -2.03. The number of rotatable bonds is 50. The molecule has 0 aliphatic heterocycles. The lowest BCUT2D eigenvalue weighted by Crippen LogP contribution is -2.63. The van der Waals surface area contributed by atoms with Crippen LogP contribution in [0.4, 0.5) is 0 Å². The molecule has 42 heteroatoms. The van der Waals surface area contributed by atoms with Gasteiger partial charge in [0.25, 0.3) is 0 Å². The second-order valence-corrected chi connectivity index (χ2v) is 28.7. The van der Waals surface area contributed by atoms with Crippen LogP contribution in [-0.2, 0) is 102 Å². The fraction of sp³-hybridized carbons (Fsp3) is 0.507. The number of H-pyrrole nitrogens is 1. The van der Waals surface area contributed by atoms with Crippen molar-refractivity contribution in [3.05, 3.63) is 114 Å². The van der Waals surface area contributed by atoms with E-state index in [9.17, 15) is 112 Å². The van der Waals surface area contributed by atoms with E-state index in [0.29, 0.717) is 23.2 Å². The Morgan fingerprint density at radius 1 is 0.487 bits per heavy atom. The number of hydrogen-bond donors (Lipinski definition) is 25. The summed E-state index contributed by atoms with van der Waals surface area (Å²) in [4.78, 5) is 225. The fourth-order valence-electron chi connectivity index (χ4n) is 11.4. The number of hydrogen-bond acceptors (Lipinski definition) is 25. The van der Waals surface area contributed by atoms with Crippen LogP contribution in [0.25, 0.3) is 0 Å². The first-order valence-electron chi connectivity index (χ1n) is 37.5. The molecular formula is C75H109N19O23. The van der Waals surface area contributed by atoms with Gasteiger partial charge in [0.15, 0.2) is 0 Å². The van der Waals surface area contributed by atoms with Gasteiger partial charge in [-0.15, -0.1) is 0 Å². The predicted octanol–water partition coefficient (Wildman–Crippen LogP) is -7.83. The fourth-order valence-corrected chi connectivity index (χ4v) is 11.4. The number of aromatic nitrogens is 2. The number of phenols is 2. The Labute approximate surface area is 673 Å². The van der Waals surface area contributed by atoms with E-state index in [1.165, 1.54) is 94.1 Å². The third-order valence-electron chi connectivity index (χ3n) is 17.9. The normalized spacial score (nSPS) is 14.8. The maximum Gasteiger partial charge on any atom is 0.305 e. The highest BCUT2D eigenvalue weighted by Gasteiger charge is 2.40. The van der Waals surface area contributed by atoms with Crippen molar-refractivity contribution >= 4 is 94.6 Å². The quantitative estimate of drug-likeness (QED) is 0.0183. The average Bonchev–Trinajstić information content (AvgIpc) is 0.928. The number of aliphatic carboxylic acids is 1. The summed E-state index contributed by atoms with van der Waals surface area (Å²) < 4.78 is 0. The molecule has 0 saturated heterocycles. The SMILES string of the molecule is CNC(=O)[C@H](CC(C)C)NC(=O)[C@H](Cc1ccc(O)cc1)NC(=O)[C@H](CCCCN)NC(=O)[C@H](CO)NC(=O)[C@H](Cc1ccc(O)cc1)NC(=O)[C@H](CC(=O)O)NC(=O)[C@H](CO)NC(=O)[C@@H](NC(=O)[C@H](Cc1ccccc1)NC(=O)[C@@H](NC(=O)CNC(=O)[C@H](CCC(N)=O)NC(=O)C(C)(C)NC(=O)[C@@H](N)Cc1c[nH]cn1)[C@@H](C)O)[C@H](C)O. The number of aliphatic hydroxyl groups is 4. The number of phenolic OH excluding ortho intramolecular Hbond substituents is 2. The van der Waals surface area contributed by atoms with Crippen LogP contribution in [0, 0.1) is 5.92 Å². The van der Waals surface area contributed by atoms with E-state index in [0.717, 1.165) is 13.8 Å². The van der Waals surface area contributed by atoms with Gasteiger partial charge in [0, 0.05) is 45.3 Å². The molecule has 117 heavy (non-hydrogen) atoms. The highest BCUT2D eigenvalue weighted by Crippen LogP contribution is 2.17. The number of primary amides is 1. The molecule has 4 rings (SSSR count). The molecule has 15 amide bonds. The molecule has 1 heterocycles. The number of aliphatic hydroxyl groups excluding tert-OH is 4. The monoisotopic (exact) mass is 1640 g/mol. The molecule has 14 atom stereocenters. The topological polar surface area (TPSA) is 690 Å². The van der Waals surface area contributed by atoms with E-state index in [-0.39, 0.29) is 61.6 Å². The van der Waals surface area contributed by atoms with Crippen molar-refractivity contribution in [1.29, 1.82) is 0 Å². The number of unbranched alkanes of at least 4 members (excludes halogenated alkanes) is 1. The van der Waals surface area contributed by atoms with Crippen molar-refractivity contribution in [3.63, 3.8) is 0 Å². The Morgan fingerprint density at radius 2 is 0.915 bits per heavy atom. The van der Waals surface area contributed by atoms with Crippen molar-refractivity contribution in [2.45, 2.75) is 202 Å². The van der Waals surface area contributed by atoms with Gasteiger partial charge in [-0.05, 0) is 113 Å². The van der Waals surface area contributed by atoms with Crippen LogP contribution < -0.4 is 91.6 Å². The molecule has 0 saturated carbocycles. The number of carbonyl (C=O) groups excluding carboxylic acids is 15. The number of likely N-dealkylation sites (N-methyl/N-ethyl adjacent to an activating group) is 1. The van der Waals surface area contributed by atoms with Gasteiger partial charge in [-0.1, -0.05) is 68.4 Å². The minimum atomic E-state index is -2.19. The van der Waals surface area contributed by atoms with Crippen LogP contribution in [0.5, 0.6) is 11.5 Å². The van der Waals surface area contributed by atoms with Gasteiger partial charge in [-0.25, -0.2) is 4.98 Å². The first-order chi connectivity index (χ1) is 55.2. The number of nitrogens with two attached hydrogens (primary N) is 3. The van der Waals surface area contributed by atoms with E-state index in [1.807, 2.05) is 13.8 Å². The molecule has 0 spiro atoms. The van der Waals surface area contributed by atoms with Crippen molar-refractivity contribution < 1.29 is 112 Å². The highest BCUT2D eigenvalue weighted by atomic mass is 16.4. The van der Waals surface area contributed by atoms with Gasteiger partial charge in [0.05, 0.1) is 56.5 Å². The Hall–Kier alpha value is -12.2. The van der Waals surface area contributed by atoms with Crippen LogP contribution in [0.15, 0.2) is 91.4 Å². The number of nitrogens with zero attached hydrogens (tertiary/aromatic N) is 1. The number of aromatic hydroxyl groups is 2. The summed E-state index contributed by atoms with van der Waals surface area (Å²) >= 11 is 0. The number of benzene rings is 3. The van der Waals surface area contributed by atoms with E-state index in [1.54, 1.807) is 18.2 Å². The van der Waals surface area contributed by atoms with E-state index >= 15 is 0 Å². The zero-order valence-corrected chi connectivity index (χ0v) is 65.8.